The maximum Gasteiger partial charge on any atom is 0.349 e. The minimum atomic E-state index is -3.86. The second-order valence-electron chi connectivity index (χ2n) is 8.29. The molecule has 2 aromatic carbocycles. The lowest BCUT2D eigenvalue weighted by Crippen LogP contribution is -2.55. The number of hydrogen-bond donors (Lipinski definition) is 1. The normalized spacial score (nSPS) is 21.2. The van der Waals surface area contributed by atoms with Gasteiger partial charge in [0.15, 0.2) is 0 Å². The SMILES string of the molecule is [B]C1CC(N2Cc3cc(C([B])NC(=O)C(F)(F)c4ccc(Cl)cc4)ccc3C2=O)C(=O)N([B])C1=O. The smallest absolute Gasteiger partial charge is 0.349 e. The molecule has 4 amide bonds. The first-order valence-electron chi connectivity index (χ1n) is 10.4. The van der Waals surface area contributed by atoms with E-state index in [9.17, 15) is 28.0 Å². The highest BCUT2D eigenvalue weighted by atomic mass is 35.5. The van der Waals surface area contributed by atoms with Crippen LogP contribution in [0.1, 0.15) is 39.4 Å². The van der Waals surface area contributed by atoms with Gasteiger partial charge in [-0.1, -0.05) is 35.9 Å². The van der Waals surface area contributed by atoms with E-state index in [-0.39, 0.29) is 29.1 Å². The fourth-order valence-corrected chi connectivity index (χ4v) is 4.19. The van der Waals surface area contributed by atoms with Crippen LogP contribution >= 0.6 is 11.6 Å². The number of carbonyl (C=O) groups is 4. The number of amides is 4. The van der Waals surface area contributed by atoms with Crippen molar-refractivity contribution in [1.82, 2.24) is 15.0 Å². The quantitative estimate of drug-likeness (QED) is 0.508. The molecular weight excluding hydrogens is 476 g/mol. The first-order valence-corrected chi connectivity index (χ1v) is 10.8. The summed E-state index contributed by atoms with van der Waals surface area (Å²) in [5, 5.41) is 2.32. The molecule has 0 aromatic heterocycles. The Morgan fingerprint density at radius 3 is 2.43 bits per heavy atom. The first kappa shape index (κ1) is 25.0. The number of nitrogens with zero attached hydrogens (tertiary/aromatic N) is 2. The van der Waals surface area contributed by atoms with Gasteiger partial charge in [0.05, 0.1) is 7.85 Å². The maximum atomic E-state index is 14.6. The van der Waals surface area contributed by atoms with Gasteiger partial charge in [-0.05, 0) is 35.7 Å². The van der Waals surface area contributed by atoms with E-state index in [1.54, 1.807) is 0 Å². The lowest BCUT2D eigenvalue weighted by atomic mass is 9.76. The molecule has 35 heavy (non-hydrogen) atoms. The average Bonchev–Trinajstić information content (AvgIpc) is 3.15. The number of nitrogens with one attached hydrogen (secondary N) is 1. The number of alkyl halides is 2. The van der Waals surface area contributed by atoms with Gasteiger partial charge in [-0.15, -0.1) is 0 Å². The Labute approximate surface area is 208 Å². The second-order valence-corrected chi connectivity index (χ2v) is 8.72. The van der Waals surface area contributed by atoms with Crippen LogP contribution in [0, 0.1) is 0 Å². The summed E-state index contributed by atoms with van der Waals surface area (Å²) in [6, 6.07) is 7.85. The molecule has 3 atom stereocenters. The van der Waals surface area contributed by atoms with Crippen molar-refractivity contribution < 1.29 is 28.0 Å². The molecule has 0 spiro atoms. The Morgan fingerprint density at radius 1 is 1.11 bits per heavy atom. The summed E-state index contributed by atoms with van der Waals surface area (Å²) < 4.78 is 29.1. The van der Waals surface area contributed by atoms with Crippen molar-refractivity contribution in [2.45, 2.75) is 36.7 Å². The second kappa shape index (κ2) is 9.15. The predicted molar refractivity (Wildman–Crippen MR) is 124 cm³/mol. The monoisotopic (exact) mass is 491 g/mol. The van der Waals surface area contributed by atoms with E-state index >= 15 is 0 Å². The standard InChI is InChI=1S/C22H15B3ClF2N3O4/c23-15-8-16(20(34)31(25)19(15)33)30-9-11-7-10(1-6-14(11)18(30)32)17(24)29-21(35)22(27,28)12-2-4-13(26)5-3-12/h1-7,15-17H,8-9H2,(H,29,35). The number of rotatable bonds is 5. The molecule has 1 fully saturated rings. The minimum Gasteiger partial charge on any atom is -0.352 e. The molecule has 1 saturated heterocycles. The molecular formula is C22H15B3ClF2N3O4. The van der Waals surface area contributed by atoms with Gasteiger partial charge in [0.2, 0.25) is 19.8 Å². The van der Waals surface area contributed by atoms with Gasteiger partial charge in [0, 0.05) is 34.5 Å². The zero-order valence-corrected chi connectivity index (χ0v) is 18.8. The summed E-state index contributed by atoms with van der Waals surface area (Å²) >= 11 is 5.71. The van der Waals surface area contributed by atoms with E-state index in [0.717, 1.165) is 12.1 Å². The Balaban J connectivity index is 1.50. The van der Waals surface area contributed by atoms with Gasteiger partial charge < -0.3 is 15.0 Å². The van der Waals surface area contributed by atoms with Crippen LogP contribution in [0.3, 0.4) is 0 Å². The highest BCUT2D eigenvalue weighted by Gasteiger charge is 2.44. The van der Waals surface area contributed by atoms with Crippen LogP contribution in [0.2, 0.25) is 10.8 Å². The van der Waals surface area contributed by atoms with E-state index in [2.05, 4.69) is 5.32 Å². The number of benzene rings is 2. The molecule has 2 aromatic rings. The number of fused-ring (bicyclic) bond motifs is 1. The molecule has 2 aliphatic rings. The van der Waals surface area contributed by atoms with Gasteiger partial charge in [0.25, 0.3) is 11.8 Å². The average molecular weight is 491 g/mol. The third kappa shape index (κ3) is 4.47. The van der Waals surface area contributed by atoms with Crippen molar-refractivity contribution in [3.63, 3.8) is 0 Å². The summed E-state index contributed by atoms with van der Waals surface area (Å²) in [7, 11) is 17.2. The fraction of sp³-hybridized carbons (Fsp3) is 0.273. The van der Waals surface area contributed by atoms with Gasteiger partial charge in [-0.25, -0.2) is 0 Å². The molecule has 0 bridgehead atoms. The van der Waals surface area contributed by atoms with Crippen LogP contribution in [0.15, 0.2) is 42.5 Å². The van der Waals surface area contributed by atoms with E-state index < -0.39 is 52.9 Å². The van der Waals surface area contributed by atoms with Gasteiger partial charge in [0.1, 0.15) is 13.9 Å². The third-order valence-electron chi connectivity index (χ3n) is 6.03. The predicted octanol–water partition coefficient (Wildman–Crippen LogP) is 1.54. The highest BCUT2D eigenvalue weighted by molar-refractivity contribution is 6.35. The largest absolute Gasteiger partial charge is 0.352 e. The Bertz CT molecular complexity index is 1230. The van der Waals surface area contributed by atoms with Crippen LogP contribution in [-0.4, -0.2) is 63.1 Å². The number of hydrogen-bond acceptors (Lipinski definition) is 4. The molecule has 0 aliphatic carbocycles. The lowest BCUT2D eigenvalue weighted by molar-refractivity contribution is -0.147. The van der Waals surface area contributed by atoms with Crippen molar-refractivity contribution in [2.24, 2.45) is 0 Å². The highest BCUT2D eigenvalue weighted by Crippen LogP contribution is 2.33. The Morgan fingerprint density at radius 2 is 1.77 bits per heavy atom. The summed E-state index contributed by atoms with van der Waals surface area (Å²) in [6.07, 6.45) is -0.0900. The van der Waals surface area contributed by atoms with Crippen LogP contribution in [0.25, 0.3) is 0 Å². The minimum absolute atomic E-state index is 0.0191. The van der Waals surface area contributed by atoms with E-state index in [1.807, 2.05) is 0 Å². The molecule has 13 heteroatoms. The number of halogens is 3. The summed E-state index contributed by atoms with van der Waals surface area (Å²) in [6.45, 7) is -0.0191. The molecule has 4 rings (SSSR count). The Hall–Kier alpha value is -3.14. The molecule has 1 N–H and O–H groups in total. The van der Waals surface area contributed by atoms with Gasteiger partial charge in [-0.2, -0.15) is 8.78 Å². The molecule has 7 nitrogen and oxygen atoms in total. The first-order chi connectivity index (χ1) is 16.4. The summed E-state index contributed by atoms with van der Waals surface area (Å²) in [5.41, 5.74) is 0.439. The van der Waals surface area contributed by atoms with Crippen molar-refractivity contribution in [1.29, 1.82) is 0 Å². The number of carbonyl (C=O) groups excluding carboxylic acids is 4. The fourth-order valence-electron chi connectivity index (χ4n) is 4.06. The topological polar surface area (TPSA) is 86.8 Å². The van der Waals surface area contributed by atoms with E-state index in [0.29, 0.717) is 10.4 Å². The van der Waals surface area contributed by atoms with E-state index in [1.165, 1.54) is 35.2 Å². The summed E-state index contributed by atoms with van der Waals surface area (Å²) in [4.78, 5) is 51.1. The zero-order valence-electron chi connectivity index (χ0n) is 18.1. The Kier molecular flexibility index (Phi) is 6.53. The molecule has 0 saturated carbocycles. The van der Waals surface area contributed by atoms with Crippen molar-refractivity contribution in [2.75, 3.05) is 0 Å². The summed E-state index contributed by atoms with van der Waals surface area (Å²) in [5.74, 6) is -9.80. The number of piperidine rings is 1. The van der Waals surface area contributed by atoms with E-state index in [4.69, 9.17) is 35.3 Å². The van der Waals surface area contributed by atoms with Crippen molar-refractivity contribution in [3.05, 3.63) is 69.7 Å². The maximum absolute atomic E-state index is 14.6. The van der Waals surface area contributed by atoms with Gasteiger partial charge in [-0.3, -0.25) is 19.2 Å². The van der Waals surface area contributed by atoms with Crippen molar-refractivity contribution in [3.8, 4) is 0 Å². The van der Waals surface area contributed by atoms with Crippen LogP contribution in [0.5, 0.6) is 0 Å². The van der Waals surface area contributed by atoms with Gasteiger partial charge >= 0.3 is 5.92 Å². The molecule has 3 unspecified atom stereocenters. The molecule has 2 heterocycles. The zero-order chi connectivity index (χ0) is 25.7. The van der Waals surface area contributed by atoms with Crippen LogP contribution in [-0.2, 0) is 26.9 Å². The van der Waals surface area contributed by atoms with Crippen LogP contribution in [0.4, 0.5) is 8.78 Å². The number of imide groups is 1. The molecule has 172 valence electrons. The van der Waals surface area contributed by atoms with Crippen molar-refractivity contribution >= 4 is 58.9 Å². The third-order valence-corrected chi connectivity index (χ3v) is 6.28. The lowest BCUT2D eigenvalue weighted by Gasteiger charge is -2.37. The molecule has 6 radical (unpaired) electrons. The van der Waals surface area contributed by atoms with Crippen LogP contribution < -0.4 is 5.32 Å². The molecule has 2 aliphatic heterocycles.